The summed E-state index contributed by atoms with van der Waals surface area (Å²) in [6, 6.07) is 0. The van der Waals surface area contributed by atoms with Gasteiger partial charge in [0.05, 0.1) is 0 Å². The van der Waals surface area contributed by atoms with Crippen molar-refractivity contribution in [2.24, 2.45) is 0 Å². The average molecular weight is 413 g/mol. The quantitative estimate of drug-likeness (QED) is 0.458. The molecule has 0 unspecified atom stereocenters. The third-order valence-electron chi connectivity index (χ3n) is 0. The van der Waals surface area contributed by atoms with Crippen molar-refractivity contribution in [3.05, 3.63) is 0 Å². The summed E-state index contributed by atoms with van der Waals surface area (Å²) >= 11 is 0. The van der Waals surface area contributed by atoms with Gasteiger partial charge in [-0.25, -0.2) is 4.79 Å². The summed E-state index contributed by atoms with van der Waals surface area (Å²) in [4.78, 5) is 8.56. The Morgan fingerprint density at radius 2 is 1.33 bits per heavy atom. The zero-order valence-electron chi connectivity index (χ0n) is 2.51. The van der Waals surface area contributed by atoms with Crippen molar-refractivity contribution in [2.75, 3.05) is 0 Å². The molecule has 0 radical (unpaired) electrons. The van der Waals surface area contributed by atoms with Gasteiger partial charge in [0.2, 0.25) is 0 Å². The summed E-state index contributed by atoms with van der Waals surface area (Å²) < 4.78 is 0. The second-order valence-corrected chi connectivity index (χ2v) is 0.283. The maximum absolute atomic E-state index is 8.56. The van der Waals surface area contributed by atoms with Gasteiger partial charge in [0, 0.05) is 0 Å². The van der Waals surface area contributed by atoms with E-state index in [1.165, 1.54) is 0 Å². The fourth-order valence-electron chi connectivity index (χ4n) is 0. The second-order valence-electron chi connectivity index (χ2n) is 0.283. The van der Waals surface area contributed by atoms with E-state index in [9.17, 15) is 0 Å². The molecule has 2 N–H and O–H groups in total. The molecule has 0 bridgehead atoms. The first-order valence-electron chi connectivity index (χ1n) is 0.651. The van der Waals surface area contributed by atoms with Crippen molar-refractivity contribution in [2.45, 2.75) is 0 Å². The average Bonchev–Trinajstić information content (AvgIpc) is 0.811. The van der Waals surface area contributed by atoms with E-state index in [1.54, 1.807) is 0 Å². The topological polar surface area (TPSA) is 57.5 Å². The van der Waals surface area contributed by atoms with Crippen LogP contribution in [-0.4, -0.2) is 91.5 Å². The van der Waals surface area contributed by atoms with Crippen molar-refractivity contribution in [1.29, 1.82) is 0 Å². The van der Waals surface area contributed by atoms with E-state index < -0.39 is 6.16 Å². The van der Waals surface area contributed by atoms with Gasteiger partial charge in [0.15, 0.2) is 0 Å². The van der Waals surface area contributed by atoms with Crippen LogP contribution in [0.5, 0.6) is 0 Å². The van der Waals surface area contributed by atoms with Crippen LogP contribution in [0.4, 0.5) is 4.79 Å². The molecule has 36 valence electrons. The molecule has 0 aromatic carbocycles. The Morgan fingerprint density at radius 3 is 1.33 bits per heavy atom. The van der Waals surface area contributed by atoms with Crippen LogP contribution in [0, 0.1) is 0 Å². The first-order valence-corrected chi connectivity index (χ1v) is 0.651. The monoisotopic (exact) mass is 414 g/mol. The van der Waals surface area contributed by atoms with E-state index in [2.05, 4.69) is 0 Å². The van der Waals surface area contributed by atoms with E-state index in [1.807, 2.05) is 0 Å². The molecule has 0 saturated carbocycles. The van der Waals surface area contributed by atoms with E-state index >= 15 is 0 Å². The van der Waals surface area contributed by atoms with Gasteiger partial charge in [0.1, 0.15) is 0 Å². The van der Waals surface area contributed by atoms with E-state index in [0.29, 0.717) is 0 Å². The number of carboxylic acid groups (broad SMARTS) is 2. The second kappa shape index (κ2) is 9.87. The molecular formula is CH7BaBiO3. The Kier molecular flexibility index (Phi) is 25.7. The van der Waals surface area contributed by atoms with Crippen LogP contribution in [0.1, 0.15) is 0 Å². The Morgan fingerprint density at radius 1 is 1.33 bits per heavy atom. The summed E-state index contributed by atoms with van der Waals surface area (Å²) in [5.74, 6) is 0. The summed E-state index contributed by atoms with van der Waals surface area (Å²) in [6.07, 6.45) is -1.83. The maximum atomic E-state index is 8.56. The molecule has 0 aromatic rings. The Bertz CT molecular complexity index is 33.8. The molecule has 0 aliphatic rings. The van der Waals surface area contributed by atoms with Crippen LogP contribution in [0.25, 0.3) is 0 Å². The predicted octanol–water partition coefficient (Wildman–Crippen LogP) is -1.88. The first kappa shape index (κ1) is 15.6. The van der Waals surface area contributed by atoms with Gasteiger partial charge in [0.25, 0.3) is 0 Å². The van der Waals surface area contributed by atoms with Crippen LogP contribution in [0.2, 0.25) is 0 Å². The molecule has 6 heavy (non-hydrogen) atoms. The number of hydrogen-bond donors (Lipinski definition) is 2. The fourth-order valence-corrected chi connectivity index (χ4v) is 0. The van der Waals surface area contributed by atoms with Gasteiger partial charge in [-0.1, -0.05) is 0 Å². The molecule has 0 saturated heterocycles. The Labute approximate surface area is 94.3 Å². The van der Waals surface area contributed by atoms with Gasteiger partial charge in [-0.15, -0.1) is 0 Å². The van der Waals surface area contributed by atoms with E-state index in [4.69, 9.17) is 15.0 Å². The third kappa shape index (κ3) is 43.0. The standard InChI is InChI=1S/CH2O3.Ba.Bi.5H/c2-1(3)4;;;;;;;/h(H2,2,3,4);;;;;;;. The van der Waals surface area contributed by atoms with Crippen LogP contribution in [0.15, 0.2) is 0 Å². The molecule has 0 aromatic heterocycles. The van der Waals surface area contributed by atoms with Gasteiger partial charge < -0.3 is 10.2 Å². The van der Waals surface area contributed by atoms with E-state index in [0.717, 1.165) is 0 Å². The van der Waals surface area contributed by atoms with Crippen LogP contribution in [-0.2, 0) is 0 Å². The molecule has 0 fully saturated rings. The predicted molar refractivity (Wildman–Crippen MR) is 29.1 cm³/mol. The third-order valence-corrected chi connectivity index (χ3v) is 0. The van der Waals surface area contributed by atoms with Crippen molar-refractivity contribution in [3.8, 4) is 0 Å². The fraction of sp³-hybridized carbons (Fsp3) is 0. The summed E-state index contributed by atoms with van der Waals surface area (Å²) in [5, 5.41) is 13.9. The van der Waals surface area contributed by atoms with Crippen molar-refractivity contribution >= 4 is 81.2 Å². The molecule has 0 aliphatic heterocycles. The van der Waals surface area contributed by atoms with Crippen LogP contribution in [0.3, 0.4) is 0 Å². The minimum absolute atomic E-state index is 0. The molecule has 3 nitrogen and oxygen atoms in total. The SMILES string of the molecule is O=C(O)O.[BaH2].[BiH3]. The molecule has 0 atom stereocenters. The normalized spacial score (nSPS) is 4.00. The molecule has 0 amide bonds. The van der Waals surface area contributed by atoms with Gasteiger partial charge >= 0.3 is 81.2 Å². The Hall–Kier alpha value is 1.72. The van der Waals surface area contributed by atoms with Gasteiger partial charge in [-0.05, 0) is 0 Å². The molecule has 0 spiro atoms. The van der Waals surface area contributed by atoms with Crippen molar-refractivity contribution < 1.29 is 15.0 Å². The van der Waals surface area contributed by atoms with Gasteiger partial charge in [-0.3, -0.25) is 0 Å². The van der Waals surface area contributed by atoms with Gasteiger partial charge in [-0.2, -0.15) is 0 Å². The Balaban J connectivity index is -0.0000000450. The van der Waals surface area contributed by atoms with E-state index in [-0.39, 0.29) is 75.1 Å². The minimum atomic E-state index is -1.83. The van der Waals surface area contributed by atoms with Crippen LogP contribution >= 0.6 is 0 Å². The molecule has 0 rings (SSSR count). The van der Waals surface area contributed by atoms with Crippen molar-refractivity contribution in [1.82, 2.24) is 0 Å². The summed E-state index contributed by atoms with van der Waals surface area (Å²) in [6.45, 7) is 0. The zero-order chi connectivity index (χ0) is 3.58. The number of rotatable bonds is 0. The molecule has 0 heterocycles. The summed E-state index contributed by atoms with van der Waals surface area (Å²) in [7, 11) is 0. The van der Waals surface area contributed by atoms with Crippen molar-refractivity contribution in [3.63, 3.8) is 0 Å². The number of carbonyl (C=O) groups is 1. The molecular weight excluding hydrogens is 406 g/mol. The first-order chi connectivity index (χ1) is 1.73. The van der Waals surface area contributed by atoms with Crippen LogP contribution < -0.4 is 0 Å². The molecule has 0 aliphatic carbocycles. The number of hydrogen-bond acceptors (Lipinski definition) is 1. The zero-order valence-corrected chi connectivity index (χ0v) is 8.01. The summed E-state index contributed by atoms with van der Waals surface area (Å²) in [5.41, 5.74) is 0. The molecule has 5 heteroatoms.